The second kappa shape index (κ2) is 8.31. The van der Waals surface area contributed by atoms with Gasteiger partial charge >= 0.3 is 0 Å². The lowest BCUT2D eigenvalue weighted by molar-refractivity contribution is 0.0725. The van der Waals surface area contributed by atoms with Crippen molar-refractivity contribution in [2.45, 2.75) is 26.2 Å². The van der Waals surface area contributed by atoms with E-state index in [1.54, 1.807) is 30.0 Å². The second-order valence-electron chi connectivity index (χ2n) is 8.49. The van der Waals surface area contributed by atoms with Crippen LogP contribution in [0, 0.1) is 6.92 Å². The molecule has 0 bridgehead atoms. The molecule has 7 heteroatoms. The summed E-state index contributed by atoms with van der Waals surface area (Å²) in [4.78, 5) is 32.6. The molecule has 2 aromatic heterocycles. The maximum absolute atomic E-state index is 13.8. The fraction of sp³-hybridized carbons (Fsp3) is 0.308. The number of pyridine rings is 1. The van der Waals surface area contributed by atoms with E-state index in [4.69, 9.17) is 9.47 Å². The van der Waals surface area contributed by atoms with Crippen LogP contribution in [-0.2, 0) is 0 Å². The Kier molecular flexibility index (Phi) is 5.32. The molecule has 1 N–H and O–H groups in total. The highest BCUT2D eigenvalue weighted by Gasteiger charge is 2.24. The van der Waals surface area contributed by atoms with Gasteiger partial charge in [-0.15, -0.1) is 0 Å². The summed E-state index contributed by atoms with van der Waals surface area (Å²) in [5, 5.41) is 1.94. The summed E-state index contributed by atoms with van der Waals surface area (Å²) < 4.78 is 12.5. The van der Waals surface area contributed by atoms with Gasteiger partial charge in [0.15, 0.2) is 11.5 Å². The summed E-state index contributed by atoms with van der Waals surface area (Å²) in [6.45, 7) is 3.45. The first kappa shape index (κ1) is 21.1. The molecule has 0 aliphatic carbocycles. The van der Waals surface area contributed by atoms with Crippen LogP contribution >= 0.6 is 0 Å². The topological polar surface area (TPSA) is 76.6 Å². The van der Waals surface area contributed by atoms with E-state index in [9.17, 15) is 9.59 Å². The molecule has 5 rings (SSSR count). The number of benzene rings is 2. The van der Waals surface area contributed by atoms with E-state index in [0.717, 1.165) is 54.5 Å². The number of ether oxygens (including phenoxy) is 2. The standard InChI is InChI=1S/C26H27N3O4/c1-16-14-27-20-8-7-9-21(24(16)20)29-15-19(25(30)28-10-5-4-6-11-28)17-12-22(32-2)23(33-3)13-18(17)26(29)31/h7-9,12-15,27H,4-6,10-11H2,1-3H3. The lowest BCUT2D eigenvalue weighted by Crippen LogP contribution is -2.36. The Morgan fingerprint density at radius 2 is 1.70 bits per heavy atom. The van der Waals surface area contributed by atoms with Crippen LogP contribution in [0.15, 0.2) is 47.5 Å². The number of H-pyrrole nitrogens is 1. The van der Waals surface area contributed by atoms with Crippen LogP contribution in [0.25, 0.3) is 27.4 Å². The van der Waals surface area contributed by atoms with Gasteiger partial charge in [0.25, 0.3) is 11.5 Å². The molecular weight excluding hydrogens is 418 g/mol. The molecule has 1 aliphatic heterocycles. The lowest BCUT2D eigenvalue weighted by atomic mass is 10.0. The van der Waals surface area contributed by atoms with Crippen molar-refractivity contribution in [3.8, 4) is 17.2 Å². The van der Waals surface area contributed by atoms with Gasteiger partial charge in [-0.2, -0.15) is 0 Å². The van der Waals surface area contributed by atoms with Crippen LogP contribution in [0.5, 0.6) is 11.5 Å². The Hall–Kier alpha value is -3.74. The number of carbonyl (C=O) groups excluding carboxylic acids is 1. The van der Waals surface area contributed by atoms with E-state index in [-0.39, 0.29) is 11.5 Å². The molecule has 33 heavy (non-hydrogen) atoms. The zero-order chi connectivity index (χ0) is 23.1. The quantitative estimate of drug-likeness (QED) is 0.504. The number of hydrogen-bond donors (Lipinski definition) is 1. The fourth-order valence-corrected chi connectivity index (χ4v) is 4.82. The van der Waals surface area contributed by atoms with E-state index in [1.807, 2.05) is 36.2 Å². The third kappa shape index (κ3) is 3.44. The number of nitrogens with zero attached hydrogens (tertiary/aromatic N) is 2. The average Bonchev–Trinajstić information content (AvgIpc) is 3.24. The zero-order valence-electron chi connectivity index (χ0n) is 19.1. The largest absolute Gasteiger partial charge is 0.493 e. The molecule has 2 aromatic carbocycles. The summed E-state index contributed by atoms with van der Waals surface area (Å²) in [5.41, 5.74) is 2.98. The first-order valence-electron chi connectivity index (χ1n) is 11.2. The lowest BCUT2D eigenvalue weighted by Gasteiger charge is -2.27. The Labute approximate surface area is 191 Å². The minimum Gasteiger partial charge on any atom is -0.493 e. The van der Waals surface area contributed by atoms with Crippen molar-refractivity contribution in [3.63, 3.8) is 0 Å². The molecule has 1 saturated heterocycles. The molecule has 3 heterocycles. The second-order valence-corrected chi connectivity index (χ2v) is 8.49. The van der Waals surface area contributed by atoms with Crippen LogP contribution < -0.4 is 15.0 Å². The molecule has 0 radical (unpaired) electrons. The number of rotatable bonds is 4. The van der Waals surface area contributed by atoms with Gasteiger partial charge in [-0.3, -0.25) is 14.2 Å². The van der Waals surface area contributed by atoms with E-state index >= 15 is 0 Å². The average molecular weight is 446 g/mol. The first-order chi connectivity index (χ1) is 16.0. The molecule has 4 aromatic rings. The van der Waals surface area contributed by atoms with Gasteiger partial charge in [-0.25, -0.2) is 0 Å². The molecule has 0 spiro atoms. The predicted octanol–water partition coefficient (Wildman–Crippen LogP) is 4.42. The third-order valence-electron chi connectivity index (χ3n) is 6.54. The van der Waals surface area contributed by atoms with Gasteiger partial charge in [-0.1, -0.05) is 6.07 Å². The van der Waals surface area contributed by atoms with Gasteiger partial charge in [0, 0.05) is 41.8 Å². The minimum atomic E-state index is -0.214. The summed E-state index contributed by atoms with van der Waals surface area (Å²) in [6, 6.07) is 9.20. The van der Waals surface area contributed by atoms with Crippen molar-refractivity contribution in [1.29, 1.82) is 0 Å². The maximum atomic E-state index is 13.8. The van der Waals surface area contributed by atoms with Gasteiger partial charge in [0.05, 0.1) is 30.9 Å². The highest BCUT2D eigenvalue weighted by molar-refractivity contribution is 6.07. The van der Waals surface area contributed by atoms with Crippen LogP contribution in [0.3, 0.4) is 0 Å². The van der Waals surface area contributed by atoms with Crippen molar-refractivity contribution in [3.05, 3.63) is 64.2 Å². The van der Waals surface area contributed by atoms with Crippen LogP contribution in [0.4, 0.5) is 0 Å². The number of piperidine rings is 1. The molecule has 0 unspecified atom stereocenters. The summed E-state index contributed by atoms with van der Waals surface area (Å²) in [6.07, 6.45) is 6.72. The molecule has 0 atom stereocenters. The molecule has 0 saturated carbocycles. The highest BCUT2D eigenvalue weighted by Crippen LogP contribution is 2.34. The minimum absolute atomic E-state index is 0.0707. The number of hydrogen-bond acceptors (Lipinski definition) is 4. The third-order valence-corrected chi connectivity index (χ3v) is 6.54. The molecule has 7 nitrogen and oxygen atoms in total. The van der Waals surface area contributed by atoms with E-state index in [0.29, 0.717) is 27.8 Å². The van der Waals surface area contributed by atoms with E-state index in [2.05, 4.69) is 4.98 Å². The fourth-order valence-electron chi connectivity index (χ4n) is 4.82. The Morgan fingerprint density at radius 3 is 2.39 bits per heavy atom. The summed E-state index contributed by atoms with van der Waals surface area (Å²) in [7, 11) is 3.08. The molecule has 170 valence electrons. The van der Waals surface area contributed by atoms with Crippen LogP contribution in [0.1, 0.15) is 35.2 Å². The molecule has 1 fully saturated rings. The van der Waals surface area contributed by atoms with Gasteiger partial charge in [-0.05, 0) is 56.0 Å². The summed E-state index contributed by atoms with van der Waals surface area (Å²) in [5.74, 6) is 0.865. The predicted molar refractivity (Wildman–Crippen MR) is 129 cm³/mol. The Balaban J connectivity index is 1.83. The van der Waals surface area contributed by atoms with Crippen LogP contribution in [-0.4, -0.2) is 47.7 Å². The molecule has 1 aliphatic rings. The number of aryl methyl sites for hydroxylation is 1. The Bertz CT molecular complexity index is 1430. The number of aromatic amines is 1. The smallest absolute Gasteiger partial charge is 0.263 e. The number of fused-ring (bicyclic) bond motifs is 2. The maximum Gasteiger partial charge on any atom is 0.263 e. The van der Waals surface area contributed by atoms with E-state index < -0.39 is 0 Å². The Morgan fingerprint density at radius 1 is 1.00 bits per heavy atom. The number of likely N-dealkylation sites (tertiary alicyclic amines) is 1. The SMILES string of the molecule is COc1cc2c(C(=O)N3CCCCC3)cn(-c3cccc4[nH]cc(C)c34)c(=O)c2cc1OC. The number of nitrogens with one attached hydrogen (secondary N) is 1. The number of methoxy groups -OCH3 is 2. The van der Waals surface area contributed by atoms with Gasteiger partial charge in [0.1, 0.15) is 0 Å². The van der Waals surface area contributed by atoms with E-state index in [1.165, 1.54) is 7.11 Å². The van der Waals surface area contributed by atoms with Gasteiger partial charge < -0.3 is 19.4 Å². The van der Waals surface area contributed by atoms with Crippen molar-refractivity contribution < 1.29 is 14.3 Å². The number of amides is 1. The van der Waals surface area contributed by atoms with Crippen molar-refractivity contribution in [2.75, 3.05) is 27.3 Å². The normalized spacial score (nSPS) is 14.1. The first-order valence-corrected chi connectivity index (χ1v) is 11.2. The highest BCUT2D eigenvalue weighted by atomic mass is 16.5. The molecular formula is C26H27N3O4. The van der Waals surface area contributed by atoms with Crippen LogP contribution in [0.2, 0.25) is 0 Å². The molecule has 1 amide bonds. The number of carbonyl (C=O) groups is 1. The van der Waals surface area contributed by atoms with Crippen molar-refractivity contribution >= 4 is 27.6 Å². The number of aromatic nitrogens is 2. The zero-order valence-corrected chi connectivity index (χ0v) is 19.1. The monoisotopic (exact) mass is 445 g/mol. The van der Waals surface area contributed by atoms with Crippen molar-refractivity contribution in [2.24, 2.45) is 0 Å². The van der Waals surface area contributed by atoms with Crippen molar-refractivity contribution in [1.82, 2.24) is 14.5 Å². The summed E-state index contributed by atoms with van der Waals surface area (Å²) >= 11 is 0. The van der Waals surface area contributed by atoms with Gasteiger partial charge in [0.2, 0.25) is 0 Å².